The molecular formula is C29H30N2O4. The average molecular weight is 471 g/mol. The van der Waals surface area contributed by atoms with Crippen LogP contribution < -0.4 is 4.74 Å². The van der Waals surface area contributed by atoms with Crippen molar-refractivity contribution in [3.05, 3.63) is 100 Å². The molecule has 1 saturated heterocycles. The highest BCUT2D eigenvalue weighted by Crippen LogP contribution is 2.40. The molecule has 0 radical (unpaired) electrons. The van der Waals surface area contributed by atoms with Gasteiger partial charge in [0, 0.05) is 24.5 Å². The first kappa shape index (κ1) is 24.2. The summed E-state index contributed by atoms with van der Waals surface area (Å²) in [6, 6.07) is 15.9. The van der Waals surface area contributed by atoms with Crippen LogP contribution in [0.2, 0.25) is 0 Å². The molecule has 2 heterocycles. The van der Waals surface area contributed by atoms with Crippen LogP contribution in [-0.2, 0) is 16.1 Å². The molecule has 1 aromatic heterocycles. The Labute approximate surface area is 205 Å². The van der Waals surface area contributed by atoms with Crippen molar-refractivity contribution in [1.29, 1.82) is 0 Å². The topological polar surface area (TPSA) is 79.7 Å². The maximum atomic E-state index is 13.3. The first-order chi connectivity index (χ1) is 16.8. The molecular weight excluding hydrogens is 440 g/mol. The van der Waals surface area contributed by atoms with Gasteiger partial charge in [-0.2, -0.15) is 0 Å². The molecule has 6 nitrogen and oxygen atoms in total. The Hall–Kier alpha value is -3.93. The van der Waals surface area contributed by atoms with Crippen LogP contribution in [0.25, 0.3) is 5.76 Å². The number of aryl methyl sites for hydroxylation is 2. The van der Waals surface area contributed by atoms with Gasteiger partial charge in [0.2, 0.25) is 0 Å². The van der Waals surface area contributed by atoms with E-state index >= 15 is 0 Å². The highest BCUT2D eigenvalue weighted by Gasteiger charge is 2.46. The number of nitrogens with zero attached hydrogens (tertiary/aromatic N) is 2. The Kier molecular flexibility index (Phi) is 7.01. The maximum absolute atomic E-state index is 13.3. The van der Waals surface area contributed by atoms with Crippen LogP contribution >= 0.6 is 0 Å². The van der Waals surface area contributed by atoms with Crippen molar-refractivity contribution in [2.75, 3.05) is 6.61 Å². The highest BCUT2D eigenvalue weighted by atomic mass is 16.5. The van der Waals surface area contributed by atoms with Crippen molar-refractivity contribution in [3.63, 3.8) is 0 Å². The number of ketones is 1. The summed E-state index contributed by atoms with van der Waals surface area (Å²) in [5.74, 6) is -0.410. The third-order valence-corrected chi connectivity index (χ3v) is 6.02. The summed E-state index contributed by atoms with van der Waals surface area (Å²) in [5.41, 5.74) is 4.02. The Bertz CT molecular complexity index is 1280. The molecule has 1 amide bonds. The largest absolute Gasteiger partial charge is 0.507 e. The number of aromatic nitrogens is 1. The molecule has 3 aromatic rings. The Balaban J connectivity index is 1.79. The number of hydrogen-bond donors (Lipinski definition) is 1. The van der Waals surface area contributed by atoms with Crippen molar-refractivity contribution < 1.29 is 19.4 Å². The fourth-order valence-electron chi connectivity index (χ4n) is 4.29. The Morgan fingerprint density at radius 1 is 1.06 bits per heavy atom. The summed E-state index contributed by atoms with van der Waals surface area (Å²) in [7, 11) is 0. The second kappa shape index (κ2) is 10.1. The molecule has 0 aliphatic carbocycles. The smallest absolute Gasteiger partial charge is 0.295 e. The molecule has 1 fully saturated rings. The van der Waals surface area contributed by atoms with E-state index in [-0.39, 0.29) is 17.9 Å². The van der Waals surface area contributed by atoms with Gasteiger partial charge in [-0.25, -0.2) is 0 Å². The van der Waals surface area contributed by atoms with Gasteiger partial charge in [-0.15, -0.1) is 0 Å². The van der Waals surface area contributed by atoms with Gasteiger partial charge in [0.05, 0.1) is 18.2 Å². The van der Waals surface area contributed by atoms with Crippen LogP contribution in [0.1, 0.15) is 47.7 Å². The predicted octanol–water partition coefficient (Wildman–Crippen LogP) is 5.36. The number of carbonyl (C=O) groups excluding carboxylic acids is 2. The minimum absolute atomic E-state index is 0.0879. The Morgan fingerprint density at radius 3 is 2.46 bits per heavy atom. The van der Waals surface area contributed by atoms with Crippen molar-refractivity contribution in [1.82, 2.24) is 9.88 Å². The van der Waals surface area contributed by atoms with Crippen LogP contribution in [-0.4, -0.2) is 33.3 Å². The summed E-state index contributed by atoms with van der Waals surface area (Å²) >= 11 is 0. The van der Waals surface area contributed by atoms with E-state index in [0.717, 1.165) is 28.0 Å². The summed E-state index contributed by atoms with van der Waals surface area (Å²) in [6.07, 6.45) is 3.30. The lowest BCUT2D eigenvalue weighted by atomic mass is 9.94. The van der Waals surface area contributed by atoms with E-state index in [2.05, 4.69) is 18.8 Å². The van der Waals surface area contributed by atoms with Gasteiger partial charge in [-0.3, -0.25) is 14.6 Å². The molecule has 1 aliphatic rings. The average Bonchev–Trinajstić information content (AvgIpc) is 3.08. The zero-order valence-electron chi connectivity index (χ0n) is 20.5. The molecule has 1 aliphatic heterocycles. The molecule has 0 bridgehead atoms. The molecule has 2 aromatic carbocycles. The lowest BCUT2D eigenvalue weighted by Gasteiger charge is -2.25. The van der Waals surface area contributed by atoms with Crippen molar-refractivity contribution in [2.45, 2.75) is 40.3 Å². The molecule has 35 heavy (non-hydrogen) atoms. The van der Waals surface area contributed by atoms with Crippen LogP contribution in [0, 0.1) is 19.8 Å². The van der Waals surface area contributed by atoms with Crippen molar-refractivity contribution in [3.8, 4) is 5.75 Å². The predicted molar refractivity (Wildman–Crippen MR) is 135 cm³/mol. The lowest BCUT2D eigenvalue weighted by Crippen LogP contribution is -2.29. The maximum Gasteiger partial charge on any atom is 0.295 e. The second-order valence-electron chi connectivity index (χ2n) is 9.38. The summed E-state index contributed by atoms with van der Waals surface area (Å²) in [5, 5.41) is 11.4. The van der Waals surface area contributed by atoms with E-state index in [1.165, 1.54) is 4.90 Å². The number of aliphatic hydroxyl groups is 1. The van der Waals surface area contributed by atoms with Gasteiger partial charge in [0.25, 0.3) is 11.7 Å². The first-order valence-corrected chi connectivity index (χ1v) is 11.7. The zero-order chi connectivity index (χ0) is 25.1. The molecule has 0 saturated carbocycles. The third-order valence-electron chi connectivity index (χ3n) is 6.02. The van der Waals surface area contributed by atoms with Crippen LogP contribution in [0.3, 0.4) is 0 Å². The molecule has 6 heteroatoms. The van der Waals surface area contributed by atoms with Gasteiger partial charge in [-0.05, 0) is 66.8 Å². The summed E-state index contributed by atoms with van der Waals surface area (Å²) in [4.78, 5) is 32.0. The zero-order valence-corrected chi connectivity index (χ0v) is 20.5. The molecule has 180 valence electrons. The van der Waals surface area contributed by atoms with E-state index in [1.807, 2.05) is 50.2 Å². The highest BCUT2D eigenvalue weighted by molar-refractivity contribution is 6.46. The second-order valence-corrected chi connectivity index (χ2v) is 9.38. The fourth-order valence-corrected chi connectivity index (χ4v) is 4.29. The SMILES string of the molecule is Cc1cccc(C2/C(=C(/O)c3ccc(OCC(C)C)c(C)c3)C(=O)C(=O)N2Cc2ccncc2)c1. The number of amides is 1. The number of carbonyl (C=O) groups is 2. The number of benzene rings is 2. The minimum Gasteiger partial charge on any atom is -0.507 e. The van der Waals surface area contributed by atoms with Gasteiger partial charge < -0.3 is 14.7 Å². The number of rotatable bonds is 7. The van der Waals surface area contributed by atoms with E-state index in [9.17, 15) is 14.7 Å². The van der Waals surface area contributed by atoms with E-state index in [0.29, 0.717) is 18.1 Å². The normalized spacial score (nSPS) is 17.3. The van der Waals surface area contributed by atoms with E-state index < -0.39 is 17.7 Å². The molecule has 1 atom stereocenters. The van der Waals surface area contributed by atoms with Gasteiger partial charge in [-0.1, -0.05) is 43.7 Å². The number of ether oxygens (including phenoxy) is 1. The quantitative estimate of drug-likeness (QED) is 0.286. The lowest BCUT2D eigenvalue weighted by molar-refractivity contribution is -0.140. The van der Waals surface area contributed by atoms with Crippen molar-refractivity contribution in [2.24, 2.45) is 5.92 Å². The summed E-state index contributed by atoms with van der Waals surface area (Å²) < 4.78 is 5.85. The monoisotopic (exact) mass is 470 g/mol. The standard InChI is InChI=1S/C29H30N2O4/c1-18(2)17-35-24-9-8-23(15-20(24)4)27(32)25-26(22-7-5-6-19(3)14-22)31(29(34)28(25)33)16-21-10-12-30-13-11-21/h5-15,18,26,32H,16-17H2,1-4H3/b27-25-. The number of pyridine rings is 1. The Morgan fingerprint density at radius 2 is 1.80 bits per heavy atom. The van der Waals surface area contributed by atoms with Gasteiger partial charge >= 0.3 is 0 Å². The number of hydrogen-bond acceptors (Lipinski definition) is 5. The van der Waals surface area contributed by atoms with Gasteiger partial charge in [0.1, 0.15) is 11.5 Å². The van der Waals surface area contributed by atoms with E-state index in [1.54, 1.807) is 30.6 Å². The molecule has 0 spiro atoms. The first-order valence-electron chi connectivity index (χ1n) is 11.7. The van der Waals surface area contributed by atoms with Crippen molar-refractivity contribution >= 4 is 17.4 Å². The van der Waals surface area contributed by atoms with Gasteiger partial charge in [0.15, 0.2) is 0 Å². The van der Waals surface area contributed by atoms with Crippen LogP contribution in [0.5, 0.6) is 5.75 Å². The third kappa shape index (κ3) is 5.11. The molecule has 1 N–H and O–H groups in total. The van der Waals surface area contributed by atoms with E-state index in [4.69, 9.17) is 4.74 Å². The fraction of sp³-hybridized carbons (Fsp3) is 0.276. The molecule has 4 rings (SSSR count). The number of likely N-dealkylation sites (tertiary alicyclic amines) is 1. The molecule has 1 unspecified atom stereocenters. The minimum atomic E-state index is -0.708. The van der Waals surface area contributed by atoms with Crippen LogP contribution in [0.4, 0.5) is 0 Å². The summed E-state index contributed by atoms with van der Waals surface area (Å²) in [6.45, 7) is 8.81. The van der Waals surface area contributed by atoms with Crippen LogP contribution in [0.15, 0.2) is 72.6 Å². The number of aliphatic hydroxyl groups excluding tert-OH is 1. The number of Topliss-reactive ketones (excluding diaryl/α,β-unsaturated/α-hetero) is 1.